The van der Waals surface area contributed by atoms with E-state index < -0.39 is 36.4 Å². The lowest BCUT2D eigenvalue weighted by atomic mass is 9.98. The first-order chi connectivity index (χ1) is 15.9. The van der Waals surface area contributed by atoms with E-state index in [1.807, 2.05) is 48.5 Å². The minimum atomic E-state index is -1.46. The van der Waals surface area contributed by atoms with Crippen LogP contribution in [0.15, 0.2) is 48.5 Å². The molecule has 1 atom stereocenters. The van der Waals surface area contributed by atoms with Gasteiger partial charge in [-0.25, -0.2) is 9.59 Å². The molecule has 9 heteroatoms. The van der Waals surface area contributed by atoms with Gasteiger partial charge < -0.3 is 25.2 Å². The van der Waals surface area contributed by atoms with Crippen molar-refractivity contribution >= 4 is 23.9 Å². The summed E-state index contributed by atoms with van der Waals surface area (Å²) in [5, 5.41) is 13.6. The van der Waals surface area contributed by atoms with Crippen molar-refractivity contribution in [1.29, 1.82) is 0 Å². The van der Waals surface area contributed by atoms with E-state index in [9.17, 15) is 19.2 Å². The first-order valence-corrected chi connectivity index (χ1v) is 10.1. The topological polar surface area (TPSA) is 131 Å². The van der Waals surface area contributed by atoms with Crippen LogP contribution in [0, 0.1) is 11.8 Å². The molecule has 2 aromatic carbocycles. The molecule has 0 aliphatic heterocycles. The number of ether oxygens (including phenoxy) is 2. The molecule has 3 rings (SSSR count). The number of fused-ring (bicyclic) bond motifs is 3. The fourth-order valence-corrected chi connectivity index (χ4v) is 3.53. The number of nitrogens with one attached hydrogen (secondary N) is 2. The Morgan fingerprint density at radius 1 is 1.03 bits per heavy atom. The molecule has 0 bridgehead atoms. The van der Waals surface area contributed by atoms with Crippen molar-refractivity contribution in [3.05, 3.63) is 59.7 Å². The molecular weight excluding hydrogens is 428 g/mol. The van der Waals surface area contributed by atoms with Gasteiger partial charge in [0.05, 0.1) is 20.1 Å². The van der Waals surface area contributed by atoms with Gasteiger partial charge in [0.2, 0.25) is 0 Å². The summed E-state index contributed by atoms with van der Waals surface area (Å²) in [7, 11) is 1.11. The molecule has 2 aromatic rings. The van der Waals surface area contributed by atoms with Gasteiger partial charge in [0.25, 0.3) is 5.91 Å². The molecule has 3 N–H and O–H groups in total. The van der Waals surface area contributed by atoms with Gasteiger partial charge in [-0.1, -0.05) is 54.5 Å². The van der Waals surface area contributed by atoms with Crippen LogP contribution in [0.3, 0.4) is 0 Å². The second-order valence-corrected chi connectivity index (χ2v) is 7.13. The number of amides is 2. The Balaban J connectivity index is 1.48. The number of esters is 1. The normalized spacial score (nSPS) is 12.3. The van der Waals surface area contributed by atoms with Crippen LogP contribution in [0.1, 0.15) is 23.5 Å². The number of rotatable bonds is 7. The Hall–Kier alpha value is -4.32. The van der Waals surface area contributed by atoms with Gasteiger partial charge in [0.15, 0.2) is 0 Å². The monoisotopic (exact) mass is 450 g/mol. The third-order valence-corrected chi connectivity index (χ3v) is 5.07. The highest BCUT2D eigenvalue weighted by Crippen LogP contribution is 2.44. The average molecular weight is 450 g/mol. The first kappa shape index (κ1) is 23.3. The number of benzene rings is 2. The smallest absolute Gasteiger partial charge is 0.407 e. The van der Waals surface area contributed by atoms with Crippen LogP contribution < -0.4 is 10.6 Å². The summed E-state index contributed by atoms with van der Waals surface area (Å²) in [5.74, 6) is 1.39. The number of carbonyl (C=O) groups excluding carboxylic acids is 3. The Labute approximate surface area is 190 Å². The van der Waals surface area contributed by atoms with Gasteiger partial charge in [-0.15, -0.1) is 0 Å². The predicted molar refractivity (Wildman–Crippen MR) is 117 cm³/mol. The number of carboxylic acid groups (broad SMARTS) is 1. The standard InChI is InChI=1S/C24H22N2O7/c1-32-22(28)13-20(23(29)30)26-21(27)11-6-12-25-24(31)33-14-19-17-9-4-2-7-15(17)16-8-3-5-10-18(16)19/h2-5,7-10,19-20H,12-14H2,1H3,(H,25,31)(H,26,27)(H,29,30)/t20-/m1/s1. The minimum Gasteiger partial charge on any atom is -0.480 e. The number of aliphatic carboxylic acids is 1. The van der Waals surface area contributed by atoms with Crippen LogP contribution in [0.4, 0.5) is 4.79 Å². The molecule has 0 aromatic heterocycles. The molecule has 0 radical (unpaired) electrons. The first-order valence-electron chi connectivity index (χ1n) is 10.1. The van der Waals surface area contributed by atoms with Crippen molar-refractivity contribution in [3.8, 4) is 23.0 Å². The van der Waals surface area contributed by atoms with Crippen LogP contribution in [-0.2, 0) is 23.9 Å². The molecule has 0 unspecified atom stereocenters. The van der Waals surface area contributed by atoms with E-state index in [4.69, 9.17) is 9.84 Å². The Morgan fingerprint density at radius 2 is 1.64 bits per heavy atom. The van der Waals surface area contributed by atoms with E-state index in [1.165, 1.54) is 0 Å². The number of methoxy groups -OCH3 is 1. The summed E-state index contributed by atoms with van der Waals surface area (Å²) in [4.78, 5) is 46.1. The maximum atomic E-state index is 12.1. The van der Waals surface area contributed by atoms with Crippen LogP contribution in [0.25, 0.3) is 11.1 Å². The lowest BCUT2D eigenvalue weighted by Crippen LogP contribution is -2.42. The van der Waals surface area contributed by atoms with Crippen molar-refractivity contribution < 1.29 is 33.8 Å². The molecule has 170 valence electrons. The van der Waals surface area contributed by atoms with Crippen molar-refractivity contribution in [1.82, 2.24) is 10.6 Å². The average Bonchev–Trinajstić information content (AvgIpc) is 3.13. The SMILES string of the molecule is COC(=O)C[C@@H](NC(=O)C#CCNC(=O)OCC1c2ccccc2-c2ccccc21)C(=O)O. The fourth-order valence-electron chi connectivity index (χ4n) is 3.53. The lowest BCUT2D eigenvalue weighted by molar-refractivity contribution is -0.148. The zero-order valence-electron chi connectivity index (χ0n) is 17.8. The number of carbonyl (C=O) groups is 4. The predicted octanol–water partition coefficient (Wildman–Crippen LogP) is 1.66. The molecule has 0 heterocycles. The Morgan fingerprint density at radius 3 is 2.21 bits per heavy atom. The highest BCUT2D eigenvalue weighted by atomic mass is 16.5. The third kappa shape index (κ3) is 5.89. The van der Waals surface area contributed by atoms with Crippen molar-refractivity contribution in [2.75, 3.05) is 20.3 Å². The highest BCUT2D eigenvalue weighted by molar-refractivity contribution is 5.97. The lowest BCUT2D eigenvalue weighted by Gasteiger charge is -2.14. The highest BCUT2D eigenvalue weighted by Gasteiger charge is 2.29. The van der Waals surface area contributed by atoms with E-state index in [2.05, 4.69) is 27.2 Å². The largest absolute Gasteiger partial charge is 0.480 e. The zero-order valence-corrected chi connectivity index (χ0v) is 17.8. The second-order valence-electron chi connectivity index (χ2n) is 7.13. The molecule has 0 saturated carbocycles. The molecule has 0 fully saturated rings. The maximum absolute atomic E-state index is 12.1. The summed E-state index contributed by atoms with van der Waals surface area (Å²) in [6.07, 6.45) is -1.22. The quantitative estimate of drug-likeness (QED) is 0.432. The molecule has 2 amide bonds. The maximum Gasteiger partial charge on any atom is 0.407 e. The van der Waals surface area contributed by atoms with E-state index in [0.717, 1.165) is 29.4 Å². The van der Waals surface area contributed by atoms with Gasteiger partial charge in [-0.05, 0) is 28.2 Å². The van der Waals surface area contributed by atoms with Gasteiger partial charge in [-0.2, -0.15) is 0 Å². The number of alkyl carbamates (subject to hydrolysis) is 1. The molecule has 1 aliphatic rings. The van der Waals surface area contributed by atoms with Crippen LogP contribution in [0.5, 0.6) is 0 Å². The molecule has 9 nitrogen and oxygen atoms in total. The Bertz CT molecular complexity index is 1090. The summed E-state index contributed by atoms with van der Waals surface area (Å²) < 4.78 is 9.74. The van der Waals surface area contributed by atoms with E-state index >= 15 is 0 Å². The summed E-state index contributed by atoms with van der Waals surface area (Å²) in [6, 6.07) is 14.4. The molecule has 0 spiro atoms. The van der Waals surface area contributed by atoms with Gasteiger partial charge >= 0.3 is 18.0 Å². The number of hydrogen-bond acceptors (Lipinski definition) is 6. The van der Waals surface area contributed by atoms with Crippen LogP contribution in [-0.4, -0.2) is 55.3 Å². The number of carboxylic acids is 1. The molecule has 0 saturated heterocycles. The van der Waals surface area contributed by atoms with Crippen LogP contribution in [0.2, 0.25) is 0 Å². The van der Waals surface area contributed by atoms with E-state index in [1.54, 1.807) is 0 Å². The fraction of sp³-hybridized carbons (Fsp3) is 0.250. The Kier molecular flexibility index (Phi) is 7.65. The van der Waals surface area contributed by atoms with Gasteiger partial charge in [0.1, 0.15) is 12.6 Å². The molecular formula is C24H22N2O7. The van der Waals surface area contributed by atoms with Crippen LogP contribution >= 0.6 is 0 Å². The molecule has 1 aliphatic carbocycles. The van der Waals surface area contributed by atoms with Gasteiger partial charge in [-0.3, -0.25) is 9.59 Å². The second kappa shape index (κ2) is 10.8. The zero-order chi connectivity index (χ0) is 23.8. The minimum absolute atomic E-state index is 0.0808. The van der Waals surface area contributed by atoms with E-state index in [0.29, 0.717) is 0 Å². The third-order valence-electron chi connectivity index (χ3n) is 5.07. The summed E-state index contributed by atoms with van der Waals surface area (Å²) >= 11 is 0. The van der Waals surface area contributed by atoms with Gasteiger partial charge in [0, 0.05) is 5.92 Å². The summed E-state index contributed by atoms with van der Waals surface area (Å²) in [6.45, 7) is -0.0412. The van der Waals surface area contributed by atoms with Crippen molar-refractivity contribution in [2.24, 2.45) is 0 Å². The van der Waals surface area contributed by atoms with E-state index in [-0.39, 0.29) is 19.1 Å². The summed E-state index contributed by atoms with van der Waals surface area (Å²) in [5.41, 5.74) is 4.41. The number of hydrogen-bond donors (Lipinski definition) is 3. The van der Waals surface area contributed by atoms with Crippen molar-refractivity contribution in [3.63, 3.8) is 0 Å². The molecule has 33 heavy (non-hydrogen) atoms. The van der Waals surface area contributed by atoms with Crippen molar-refractivity contribution in [2.45, 2.75) is 18.4 Å².